The molecule has 1 saturated heterocycles. The Morgan fingerprint density at radius 1 is 1.21 bits per heavy atom. The van der Waals surface area contributed by atoms with Crippen LogP contribution in [0.4, 0.5) is 0 Å². The number of likely N-dealkylation sites (tertiary alicyclic amines) is 1. The molecular weight excluding hydrogens is 314 g/mol. The molecule has 0 saturated carbocycles. The van der Waals surface area contributed by atoms with Crippen LogP contribution in [-0.2, 0) is 12.8 Å². The van der Waals surface area contributed by atoms with Gasteiger partial charge in [0.05, 0.1) is 7.11 Å². The Morgan fingerprint density at radius 2 is 2.17 bits per heavy atom. The van der Waals surface area contributed by atoms with E-state index in [-0.39, 0.29) is 0 Å². The van der Waals surface area contributed by atoms with Gasteiger partial charge in [-0.1, -0.05) is 12.1 Å². The molecule has 2 nitrogen and oxygen atoms in total. The SMILES string of the molecule is COc1ccc2c(c1)CCCC2CN1CCCC1Cc1cccs1. The van der Waals surface area contributed by atoms with Crippen LogP contribution in [0.15, 0.2) is 35.7 Å². The molecule has 2 unspecified atom stereocenters. The summed E-state index contributed by atoms with van der Waals surface area (Å²) in [4.78, 5) is 4.31. The van der Waals surface area contributed by atoms with E-state index in [0.29, 0.717) is 5.92 Å². The van der Waals surface area contributed by atoms with E-state index in [4.69, 9.17) is 4.74 Å². The van der Waals surface area contributed by atoms with Gasteiger partial charge in [0.15, 0.2) is 0 Å². The average molecular weight is 342 g/mol. The number of methoxy groups -OCH3 is 1. The van der Waals surface area contributed by atoms with Gasteiger partial charge in [-0.05, 0) is 85.7 Å². The molecule has 1 fully saturated rings. The van der Waals surface area contributed by atoms with Gasteiger partial charge in [0.1, 0.15) is 5.75 Å². The number of hydrogen-bond donors (Lipinski definition) is 0. The van der Waals surface area contributed by atoms with Crippen molar-refractivity contribution in [3.05, 3.63) is 51.7 Å². The van der Waals surface area contributed by atoms with E-state index in [1.54, 1.807) is 17.6 Å². The number of nitrogens with zero attached hydrogens (tertiary/aromatic N) is 1. The lowest BCUT2D eigenvalue weighted by molar-refractivity contribution is 0.229. The van der Waals surface area contributed by atoms with Crippen molar-refractivity contribution in [1.29, 1.82) is 0 Å². The van der Waals surface area contributed by atoms with E-state index in [2.05, 4.69) is 40.6 Å². The quantitative estimate of drug-likeness (QED) is 0.768. The van der Waals surface area contributed by atoms with E-state index in [0.717, 1.165) is 11.8 Å². The molecule has 24 heavy (non-hydrogen) atoms. The lowest BCUT2D eigenvalue weighted by atomic mass is 9.82. The summed E-state index contributed by atoms with van der Waals surface area (Å²) >= 11 is 1.91. The third kappa shape index (κ3) is 3.38. The van der Waals surface area contributed by atoms with Gasteiger partial charge >= 0.3 is 0 Å². The Bertz CT molecular complexity index is 666. The van der Waals surface area contributed by atoms with Crippen LogP contribution in [0.1, 0.15) is 47.6 Å². The predicted molar refractivity (Wildman–Crippen MR) is 101 cm³/mol. The summed E-state index contributed by atoms with van der Waals surface area (Å²) in [6.45, 7) is 2.51. The van der Waals surface area contributed by atoms with Crippen LogP contribution in [0.5, 0.6) is 5.75 Å². The van der Waals surface area contributed by atoms with Gasteiger partial charge < -0.3 is 4.74 Å². The first-order chi connectivity index (χ1) is 11.8. The molecule has 128 valence electrons. The molecule has 1 aliphatic heterocycles. The fourth-order valence-electron chi connectivity index (χ4n) is 4.52. The molecule has 3 heteroatoms. The number of rotatable bonds is 5. The largest absolute Gasteiger partial charge is 0.497 e. The van der Waals surface area contributed by atoms with Gasteiger partial charge in [0, 0.05) is 17.5 Å². The van der Waals surface area contributed by atoms with Crippen LogP contribution in [-0.4, -0.2) is 31.1 Å². The van der Waals surface area contributed by atoms with Gasteiger partial charge in [-0.2, -0.15) is 0 Å². The molecule has 2 aliphatic rings. The van der Waals surface area contributed by atoms with Crippen molar-refractivity contribution >= 4 is 11.3 Å². The first-order valence-electron chi connectivity index (χ1n) is 9.27. The van der Waals surface area contributed by atoms with E-state index >= 15 is 0 Å². The second-order valence-electron chi connectivity index (χ2n) is 7.23. The molecule has 1 aromatic heterocycles. The molecule has 0 N–H and O–H groups in total. The maximum absolute atomic E-state index is 5.42. The summed E-state index contributed by atoms with van der Waals surface area (Å²) in [6.07, 6.45) is 7.82. The highest BCUT2D eigenvalue weighted by Gasteiger charge is 2.29. The van der Waals surface area contributed by atoms with Crippen LogP contribution in [0, 0.1) is 0 Å². The fourth-order valence-corrected chi connectivity index (χ4v) is 5.30. The standard InChI is InChI=1S/C21H27NOS/c1-23-19-9-10-21-16(13-19)5-2-6-17(21)15-22-11-3-7-18(22)14-20-8-4-12-24-20/h4,8-10,12-13,17-18H,2-3,5-7,11,14-15H2,1H3. The fraction of sp³-hybridized carbons (Fsp3) is 0.524. The minimum atomic E-state index is 0.698. The first-order valence-corrected chi connectivity index (χ1v) is 10.1. The van der Waals surface area contributed by atoms with Crippen LogP contribution >= 0.6 is 11.3 Å². The number of thiophene rings is 1. The molecule has 1 aliphatic carbocycles. The predicted octanol–water partition coefficient (Wildman–Crippen LogP) is 4.88. The van der Waals surface area contributed by atoms with Crippen molar-refractivity contribution < 1.29 is 4.74 Å². The zero-order valence-electron chi connectivity index (χ0n) is 14.5. The van der Waals surface area contributed by atoms with Crippen molar-refractivity contribution in [2.45, 2.75) is 50.5 Å². The second-order valence-corrected chi connectivity index (χ2v) is 8.26. The second kappa shape index (κ2) is 7.28. The summed E-state index contributed by atoms with van der Waals surface area (Å²) < 4.78 is 5.42. The molecule has 2 heterocycles. The highest BCUT2D eigenvalue weighted by atomic mass is 32.1. The van der Waals surface area contributed by atoms with Crippen molar-refractivity contribution in [2.75, 3.05) is 20.2 Å². The summed E-state index contributed by atoms with van der Waals surface area (Å²) in [5, 5.41) is 2.21. The Labute approximate surface area is 149 Å². The number of benzene rings is 1. The third-order valence-corrected chi connectivity index (χ3v) is 6.66. The van der Waals surface area contributed by atoms with Crippen LogP contribution in [0.2, 0.25) is 0 Å². The Hall–Kier alpha value is -1.32. The van der Waals surface area contributed by atoms with Crippen LogP contribution in [0.3, 0.4) is 0 Å². The smallest absolute Gasteiger partial charge is 0.119 e. The molecule has 4 rings (SSSR count). The number of hydrogen-bond acceptors (Lipinski definition) is 3. The minimum absolute atomic E-state index is 0.698. The molecule has 2 aromatic rings. The number of aryl methyl sites for hydroxylation is 1. The monoisotopic (exact) mass is 341 g/mol. The maximum atomic E-state index is 5.42. The van der Waals surface area contributed by atoms with Crippen molar-refractivity contribution in [3.63, 3.8) is 0 Å². The molecular formula is C21H27NOS. The molecule has 0 radical (unpaired) electrons. The molecule has 1 aromatic carbocycles. The number of ether oxygens (including phenoxy) is 1. The van der Waals surface area contributed by atoms with Crippen LogP contribution < -0.4 is 4.74 Å². The minimum Gasteiger partial charge on any atom is -0.497 e. The van der Waals surface area contributed by atoms with E-state index in [1.807, 2.05) is 11.3 Å². The van der Waals surface area contributed by atoms with Gasteiger partial charge in [-0.3, -0.25) is 4.90 Å². The number of fused-ring (bicyclic) bond motifs is 1. The molecule has 0 amide bonds. The Kier molecular flexibility index (Phi) is 4.91. The zero-order chi connectivity index (χ0) is 16.4. The Morgan fingerprint density at radius 3 is 3.00 bits per heavy atom. The zero-order valence-corrected chi connectivity index (χ0v) is 15.4. The van der Waals surface area contributed by atoms with Crippen molar-refractivity contribution in [3.8, 4) is 5.75 Å². The first kappa shape index (κ1) is 16.2. The van der Waals surface area contributed by atoms with E-state index < -0.39 is 0 Å². The van der Waals surface area contributed by atoms with Crippen molar-refractivity contribution in [1.82, 2.24) is 4.90 Å². The summed E-state index contributed by atoms with van der Waals surface area (Å²) in [5.41, 5.74) is 3.09. The van der Waals surface area contributed by atoms with Gasteiger partial charge in [-0.15, -0.1) is 11.3 Å². The van der Waals surface area contributed by atoms with E-state index in [9.17, 15) is 0 Å². The normalized spacial score (nSPS) is 24.0. The van der Waals surface area contributed by atoms with E-state index in [1.165, 1.54) is 57.2 Å². The van der Waals surface area contributed by atoms with Crippen LogP contribution in [0.25, 0.3) is 0 Å². The molecule has 2 atom stereocenters. The van der Waals surface area contributed by atoms with Gasteiger partial charge in [0.2, 0.25) is 0 Å². The summed E-state index contributed by atoms with van der Waals surface area (Å²) in [5.74, 6) is 1.70. The lowest BCUT2D eigenvalue weighted by Crippen LogP contribution is -2.35. The van der Waals surface area contributed by atoms with Gasteiger partial charge in [-0.25, -0.2) is 0 Å². The lowest BCUT2D eigenvalue weighted by Gasteiger charge is -2.32. The summed E-state index contributed by atoms with van der Waals surface area (Å²) in [6, 6.07) is 11.9. The summed E-state index contributed by atoms with van der Waals surface area (Å²) in [7, 11) is 1.77. The highest BCUT2D eigenvalue weighted by molar-refractivity contribution is 7.09. The molecule has 0 bridgehead atoms. The third-order valence-electron chi connectivity index (χ3n) is 5.76. The Balaban J connectivity index is 1.47. The average Bonchev–Trinajstić information content (AvgIpc) is 3.27. The maximum Gasteiger partial charge on any atom is 0.119 e. The highest BCUT2D eigenvalue weighted by Crippen LogP contribution is 2.36. The molecule has 0 spiro atoms. The topological polar surface area (TPSA) is 12.5 Å². The van der Waals surface area contributed by atoms with Crippen molar-refractivity contribution in [2.24, 2.45) is 0 Å². The van der Waals surface area contributed by atoms with Gasteiger partial charge in [0.25, 0.3) is 0 Å².